The number of nitrogens with zero attached hydrogens (tertiary/aromatic N) is 1. The average molecular weight is 175 g/mol. The molecule has 3 heteroatoms. The molecule has 0 fully saturated rings. The van der Waals surface area contributed by atoms with E-state index in [-0.39, 0.29) is 12.3 Å². The summed E-state index contributed by atoms with van der Waals surface area (Å²) in [5.41, 5.74) is 1.49. The Morgan fingerprint density at radius 1 is 1.54 bits per heavy atom. The SMILES string of the molecule is Cc1ccc(C#CCN=O)c(O)c1. The molecule has 3 nitrogen and oxygen atoms in total. The Labute approximate surface area is 76.4 Å². The fourth-order valence-electron chi connectivity index (χ4n) is 0.914. The Morgan fingerprint density at radius 2 is 2.31 bits per heavy atom. The van der Waals surface area contributed by atoms with E-state index in [2.05, 4.69) is 17.0 Å². The zero-order chi connectivity index (χ0) is 9.68. The molecule has 0 radical (unpaired) electrons. The Hall–Kier alpha value is -1.82. The molecule has 0 saturated heterocycles. The van der Waals surface area contributed by atoms with Gasteiger partial charge in [-0.25, -0.2) is 0 Å². The zero-order valence-electron chi connectivity index (χ0n) is 7.24. The van der Waals surface area contributed by atoms with Crippen molar-refractivity contribution in [2.45, 2.75) is 6.92 Å². The van der Waals surface area contributed by atoms with Gasteiger partial charge in [0.1, 0.15) is 12.3 Å². The van der Waals surface area contributed by atoms with Crippen LogP contribution in [0.3, 0.4) is 0 Å². The maximum atomic E-state index is 9.72. The van der Waals surface area contributed by atoms with E-state index in [4.69, 9.17) is 0 Å². The van der Waals surface area contributed by atoms with Crippen LogP contribution in [-0.2, 0) is 0 Å². The second-order valence-corrected chi connectivity index (χ2v) is 2.61. The number of nitroso groups, excluding NO2 is 1. The highest BCUT2D eigenvalue weighted by Crippen LogP contribution is 2.16. The first-order chi connectivity index (χ1) is 6.24. The molecule has 0 spiro atoms. The number of phenols is 1. The van der Waals surface area contributed by atoms with E-state index in [1.807, 2.05) is 13.0 Å². The molecule has 0 aliphatic carbocycles. The van der Waals surface area contributed by atoms with Crippen molar-refractivity contribution in [3.05, 3.63) is 34.2 Å². The first-order valence-corrected chi connectivity index (χ1v) is 3.81. The van der Waals surface area contributed by atoms with E-state index >= 15 is 0 Å². The third-order valence-electron chi connectivity index (χ3n) is 1.52. The van der Waals surface area contributed by atoms with Gasteiger partial charge in [-0.1, -0.05) is 23.1 Å². The number of aromatic hydroxyl groups is 1. The minimum absolute atomic E-state index is 0.0483. The molecule has 1 aromatic rings. The molecule has 0 aromatic heterocycles. The lowest BCUT2D eigenvalue weighted by atomic mass is 10.1. The lowest BCUT2D eigenvalue weighted by Crippen LogP contribution is -1.79. The molecule has 0 atom stereocenters. The fraction of sp³-hybridized carbons (Fsp3) is 0.200. The van der Waals surface area contributed by atoms with E-state index in [9.17, 15) is 10.0 Å². The van der Waals surface area contributed by atoms with Crippen LogP contribution in [0.1, 0.15) is 11.1 Å². The van der Waals surface area contributed by atoms with Gasteiger partial charge < -0.3 is 5.11 Å². The van der Waals surface area contributed by atoms with Gasteiger partial charge in [-0.3, -0.25) is 0 Å². The number of benzene rings is 1. The molecular formula is C10H9NO2. The predicted molar refractivity (Wildman–Crippen MR) is 50.4 cm³/mol. The van der Waals surface area contributed by atoms with Gasteiger partial charge in [0.15, 0.2) is 0 Å². The summed E-state index contributed by atoms with van der Waals surface area (Å²) < 4.78 is 0. The summed E-state index contributed by atoms with van der Waals surface area (Å²) in [4.78, 5) is 9.72. The molecule has 0 aliphatic rings. The number of phenolic OH excluding ortho intramolecular Hbond substituents is 1. The van der Waals surface area contributed by atoms with Crippen LogP contribution in [0.2, 0.25) is 0 Å². The van der Waals surface area contributed by atoms with Crippen molar-refractivity contribution in [3.63, 3.8) is 0 Å². The minimum atomic E-state index is -0.0483. The van der Waals surface area contributed by atoms with Crippen LogP contribution in [0.4, 0.5) is 0 Å². The van der Waals surface area contributed by atoms with Gasteiger partial charge in [-0.2, -0.15) is 0 Å². The monoisotopic (exact) mass is 175 g/mol. The summed E-state index contributed by atoms with van der Waals surface area (Å²) in [6, 6.07) is 5.18. The molecule has 66 valence electrons. The fourth-order valence-corrected chi connectivity index (χ4v) is 0.914. The van der Waals surface area contributed by atoms with Crippen LogP contribution < -0.4 is 0 Å². The second-order valence-electron chi connectivity index (χ2n) is 2.61. The van der Waals surface area contributed by atoms with E-state index < -0.39 is 0 Å². The molecule has 0 heterocycles. The van der Waals surface area contributed by atoms with Crippen molar-refractivity contribution in [2.75, 3.05) is 6.54 Å². The largest absolute Gasteiger partial charge is 0.507 e. The normalized spacial score (nSPS) is 8.69. The molecule has 0 amide bonds. The molecule has 13 heavy (non-hydrogen) atoms. The summed E-state index contributed by atoms with van der Waals surface area (Å²) in [5, 5.41) is 12.0. The lowest BCUT2D eigenvalue weighted by molar-refractivity contribution is 0.473. The van der Waals surface area contributed by atoms with Gasteiger partial charge >= 0.3 is 0 Å². The van der Waals surface area contributed by atoms with E-state index in [1.165, 1.54) is 0 Å². The average Bonchev–Trinajstić information content (AvgIpc) is 2.09. The quantitative estimate of drug-likeness (QED) is 0.522. The highest BCUT2D eigenvalue weighted by molar-refractivity contribution is 5.46. The first kappa shape index (κ1) is 9.27. The summed E-state index contributed by atoms with van der Waals surface area (Å²) in [5.74, 6) is 5.31. The summed E-state index contributed by atoms with van der Waals surface area (Å²) in [6.45, 7) is 1.83. The first-order valence-electron chi connectivity index (χ1n) is 3.81. The summed E-state index contributed by atoms with van der Waals surface area (Å²) in [7, 11) is 0. The Kier molecular flexibility index (Phi) is 3.04. The van der Waals surface area contributed by atoms with Crippen molar-refractivity contribution in [1.82, 2.24) is 0 Å². The molecule has 1 N–H and O–H groups in total. The van der Waals surface area contributed by atoms with Crippen molar-refractivity contribution < 1.29 is 5.11 Å². The summed E-state index contributed by atoms with van der Waals surface area (Å²) >= 11 is 0. The number of rotatable bonds is 1. The number of hydrogen-bond acceptors (Lipinski definition) is 3. The van der Waals surface area contributed by atoms with Gasteiger partial charge in [0.2, 0.25) is 0 Å². The molecule has 1 rings (SSSR count). The maximum absolute atomic E-state index is 9.72. The van der Waals surface area contributed by atoms with Crippen LogP contribution >= 0.6 is 0 Å². The number of hydrogen-bond donors (Lipinski definition) is 1. The van der Waals surface area contributed by atoms with Crippen molar-refractivity contribution in [1.29, 1.82) is 0 Å². The second kappa shape index (κ2) is 4.27. The van der Waals surface area contributed by atoms with Crippen LogP contribution in [0.5, 0.6) is 5.75 Å². The van der Waals surface area contributed by atoms with E-state index in [0.717, 1.165) is 5.56 Å². The smallest absolute Gasteiger partial charge is 0.142 e. The lowest BCUT2D eigenvalue weighted by Gasteiger charge is -1.96. The Morgan fingerprint density at radius 3 is 2.92 bits per heavy atom. The predicted octanol–water partition coefficient (Wildman–Crippen LogP) is 1.82. The van der Waals surface area contributed by atoms with Crippen LogP contribution in [0.25, 0.3) is 0 Å². The Bertz CT molecular complexity index is 374. The van der Waals surface area contributed by atoms with Crippen LogP contribution in [-0.4, -0.2) is 11.7 Å². The number of aryl methyl sites for hydroxylation is 1. The molecule has 1 aromatic carbocycles. The third-order valence-corrected chi connectivity index (χ3v) is 1.52. The van der Waals surface area contributed by atoms with Gasteiger partial charge in [0.05, 0.1) is 5.56 Å². The van der Waals surface area contributed by atoms with E-state index in [1.54, 1.807) is 12.1 Å². The van der Waals surface area contributed by atoms with Gasteiger partial charge in [-0.15, -0.1) is 4.91 Å². The highest BCUT2D eigenvalue weighted by Gasteiger charge is 1.95. The zero-order valence-corrected chi connectivity index (χ0v) is 7.24. The topological polar surface area (TPSA) is 49.7 Å². The minimum Gasteiger partial charge on any atom is -0.507 e. The van der Waals surface area contributed by atoms with Gasteiger partial charge in [0, 0.05) is 0 Å². The van der Waals surface area contributed by atoms with Crippen molar-refractivity contribution in [2.24, 2.45) is 5.18 Å². The van der Waals surface area contributed by atoms with Gasteiger partial charge in [0.25, 0.3) is 0 Å². The van der Waals surface area contributed by atoms with Gasteiger partial charge in [-0.05, 0) is 24.6 Å². The summed E-state index contributed by atoms with van der Waals surface area (Å²) in [6.07, 6.45) is 0. The Balaban J connectivity index is 2.91. The van der Waals surface area contributed by atoms with Crippen molar-refractivity contribution >= 4 is 0 Å². The van der Waals surface area contributed by atoms with Crippen molar-refractivity contribution in [3.8, 4) is 17.6 Å². The highest BCUT2D eigenvalue weighted by atomic mass is 16.3. The van der Waals surface area contributed by atoms with Crippen LogP contribution in [0, 0.1) is 23.7 Å². The molecule has 0 saturated carbocycles. The standard InChI is InChI=1S/C10H9NO2/c1-8-4-5-9(10(12)7-8)3-2-6-11-13/h4-5,7,12H,6H2,1H3. The maximum Gasteiger partial charge on any atom is 0.142 e. The molecular weight excluding hydrogens is 166 g/mol. The molecule has 0 bridgehead atoms. The van der Waals surface area contributed by atoms with E-state index in [0.29, 0.717) is 5.56 Å². The third kappa shape index (κ3) is 2.60. The van der Waals surface area contributed by atoms with Crippen LogP contribution in [0.15, 0.2) is 23.4 Å². The molecule has 0 aliphatic heterocycles. The molecule has 0 unspecified atom stereocenters.